The zero-order valence-electron chi connectivity index (χ0n) is 21.8. The Morgan fingerprint density at radius 3 is 2.62 bits per heavy atom. The number of benzene rings is 2. The summed E-state index contributed by atoms with van der Waals surface area (Å²) < 4.78 is 4.67. The molecule has 2 aromatic carbocycles. The average Bonchev–Trinajstić information content (AvgIpc) is 3.48. The van der Waals surface area contributed by atoms with E-state index in [2.05, 4.69) is 12.2 Å². The third-order valence-corrected chi connectivity index (χ3v) is 10.9. The molecule has 3 unspecified atom stereocenters. The fraction of sp³-hybridized carbons (Fsp3) is 0.552. The number of nitrogens with one attached hydrogen (secondary N) is 1. The first kappa shape index (κ1) is 26.0. The maximum absolute atomic E-state index is 14.2. The van der Waals surface area contributed by atoms with Gasteiger partial charge in [-0.15, -0.1) is 11.8 Å². The number of anilines is 1. The number of rotatable bonds is 8. The van der Waals surface area contributed by atoms with Crippen molar-refractivity contribution in [2.75, 3.05) is 18.5 Å². The summed E-state index contributed by atoms with van der Waals surface area (Å²) in [5.41, 5.74) is 0.659. The van der Waals surface area contributed by atoms with Gasteiger partial charge in [0.2, 0.25) is 11.8 Å². The molecule has 0 aliphatic carbocycles. The van der Waals surface area contributed by atoms with Gasteiger partial charge in [0.25, 0.3) is 0 Å². The van der Waals surface area contributed by atoms with E-state index in [0.717, 1.165) is 23.6 Å². The number of aliphatic hydroxyl groups excluding tert-OH is 1. The van der Waals surface area contributed by atoms with Crippen molar-refractivity contribution in [3.63, 3.8) is 0 Å². The molecule has 0 aromatic heterocycles. The summed E-state index contributed by atoms with van der Waals surface area (Å²) in [6.45, 7) is 7.87. The van der Waals surface area contributed by atoms with E-state index in [-0.39, 0.29) is 48.1 Å². The van der Waals surface area contributed by atoms with Crippen LogP contribution in [0.15, 0.2) is 42.5 Å². The Kier molecular flexibility index (Phi) is 7.00. The highest BCUT2D eigenvalue weighted by molar-refractivity contribution is 8.02. The minimum atomic E-state index is -0.799. The molecule has 8 heteroatoms. The Hall–Kier alpha value is -2.58. The van der Waals surface area contributed by atoms with Crippen LogP contribution in [0.5, 0.6) is 0 Å². The fourth-order valence-electron chi connectivity index (χ4n) is 6.91. The normalized spacial score (nSPS) is 31.9. The van der Waals surface area contributed by atoms with E-state index in [1.807, 2.05) is 56.3 Å². The number of ether oxygens (including phenoxy) is 1. The highest BCUT2D eigenvalue weighted by Gasteiger charge is 2.77. The van der Waals surface area contributed by atoms with E-state index >= 15 is 0 Å². The standard InChI is InChI=1S/C29H36N2O5S/c1-5-16(3)21(15-32)31-25(26(33)30-20-12-11-18-9-7-8-10-19(18)14-20)29-17(4)13-22(37-29)23(24(29)27(31)34)28(35)36-6-2/h7-12,14,16-17,21-25,32H,5-6,13,15H2,1-4H3,(H,30,33)/t16-,17?,21-,22+,23-,24-,25?,29?/m0/s1. The van der Waals surface area contributed by atoms with Gasteiger partial charge in [-0.1, -0.05) is 57.5 Å². The summed E-state index contributed by atoms with van der Waals surface area (Å²) in [6, 6.07) is 12.4. The Morgan fingerprint density at radius 1 is 1.22 bits per heavy atom. The van der Waals surface area contributed by atoms with Crippen LogP contribution in [0.3, 0.4) is 0 Å². The minimum Gasteiger partial charge on any atom is -0.466 e. The van der Waals surface area contributed by atoms with E-state index in [9.17, 15) is 19.5 Å². The molecular weight excluding hydrogens is 488 g/mol. The predicted octanol–water partition coefficient (Wildman–Crippen LogP) is 4.09. The second-order valence-corrected chi connectivity index (χ2v) is 12.3. The molecule has 3 saturated heterocycles. The Bertz CT molecular complexity index is 1220. The second-order valence-electron chi connectivity index (χ2n) is 10.7. The molecule has 37 heavy (non-hydrogen) atoms. The fourth-order valence-corrected chi connectivity index (χ4v) is 9.31. The van der Waals surface area contributed by atoms with Gasteiger partial charge in [0, 0.05) is 10.9 Å². The number of hydrogen-bond donors (Lipinski definition) is 2. The molecule has 0 radical (unpaired) electrons. The Morgan fingerprint density at radius 2 is 1.95 bits per heavy atom. The summed E-state index contributed by atoms with van der Waals surface area (Å²) in [5.74, 6) is -2.02. The van der Waals surface area contributed by atoms with Crippen LogP contribution in [-0.2, 0) is 19.1 Å². The van der Waals surface area contributed by atoms with E-state index in [1.165, 1.54) is 0 Å². The van der Waals surface area contributed by atoms with Crippen molar-refractivity contribution >= 4 is 46.0 Å². The predicted molar refractivity (Wildman–Crippen MR) is 145 cm³/mol. The maximum Gasteiger partial charge on any atom is 0.310 e. The molecule has 5 rings (SSSR count). The molecule has 0 saturated carbocycles. The number of amides is 2. The van der Waals surface area contributed by atoms with Crippen LogP contribution in [0.4, 0.5) is 5.69 Å². The second kappa shape index (κ2) is 9.95. The number of likely N-dealkylation sites (tertiary alicyclic amines) is 1. The summed E-state index contributed by atoms with van der Waals surface area (Å²) in [4.78, 5) is 43.1. The number of nitrogens with zero attached hydrogens (tertiary/aromatic N) is 1. The van der Waals surface area contributed by atoms with Crippen LogP contribution in [0.2, 0.25) is 0 Å². The molecule has 7 nitrogen and oxygen atoms in total. The molecular formula is C29H36N2O5S. The molecule has 3 fully saturated rings. The third kappa shape index (κ3) is 3.95. The van der Waals surface area contributed by atoms with Crippen LogP contribution in [-0.4, -0.2) is 63.1 Å². The topological polar surface area (TPSA) is 95.9 Å². The lowest BCUT2D eigenvalue weighted by atomic mass is 9.66. The zero-order valence-corrected chi connectivity index (χ0v) is 22.7. The van der Waals surface area contributed by atoms with Crippen molar-refractivity contribution in [1.29, 1.82) is 0 Å². The van der Waals surface area contributed by atoms with Crippen LogP contribution < -0.4 is 5.32 Å². The van der Waals surface area contributed by atoms with Gasteiger partial charge >= 0.3 is 5.97 Å². The van der Waals surface area contributed by atoms with E-state index in [4.69, 9.17) is 4.74 Å². The highest BCUT2D eigenvalue weighted by Crippen LogP contribution is 2.69. The molecule has 2 amide bonds. The van der Waals surface area contributed by atoms with Gasteiger partial charge in [-0.05, 0) is 48.1 Å². The van der Waals surface area contributed by atoms with E-state index in [1.54, 1.807) is 23.6 Å². The molecule has 2 aromatic rings. The van der Waals surface area contributed by atoms with Crippen LogP contribution in [0, 0.1) is 23.7 Å². The number of hydrogen-bond acceptors (Lipinski definition) is 6. The van der Waals surface area contributed by atoms with Gasteiger partial charge in [-0.2, -0.15) is 0 Å². The van der Waals surface area contributed by atoms with E-state index in [0.29, 0.717) is 5.69 Å². The van der Waals surface area contributed by atoms with Crippen molar-refractivity contribution in [3.8, 4) is 0 Å². The molecule has 3 heterocycles. The molecule has 3 aliphatic heterocycles. The molecule has 8 atom stereocenters. The number of thioether (sulfide) groups is 1. The van der Waals surface area contributed by atoms with Gasteiger partial charge in [0.05, 0.1) is 35.8 Å². The number of carbonyl (C=O) groups is 3. The van der Waals surface area contributed by atoms with Crippen LogP contribution in [0.1, 0.15) is 40.5 Å². The van der Waals surface area contributed by atoms with Crippen molar-refractivity contribution < 1.29 is 24.2 Å². The first-order valence-electron chi connectivity index (χ1n) is 13.4. The van der Waals surface area contributed by atoms with E-state index < -0.39 is 28.7 Å². The maximum atomic E-state index is 14.2. The van der Waals surface area contributed by atoms with Gasteiger partial charge in [-0.3, -0.25) is 14.4 Å². The molecule has 198 valence electrons. The smallest absolute Gasteiger partial charge is 0.310 e. The van der Waals surface area contributed by atoms with Crippen molar-refractivity contribution in [2.45, 2.75) is 62.6 Å². The number of carbonyl (C=O) groups excluding carboxylic acids is 3. The Balaban J connectivity index is 1.57. The summed E-state index contributed by atoms with van der Waals surface area (Å²) >= 11 is 1.62. The zero-order chi connectivity index (χ0) is 26.5. The minimum absolute atomic E-state index is 0.0151. The average molecular weight is 525 g/mol. The van der Waals surface area contributed by atoms with Crippen molar-refractivity contribution in [3.05, 3.63) is 42.5 Å². The number of fused-ring (bicyclic) bond motifs is 2. The highest BCUT2D eigenvalue weighted by atomic mass is 32.2. The van der Waals surface area contributed by atoms with Crippen molar-refractivity contribution in [2.24, 2.45) is 23.7 Å². The first-order chi connectivity index (χ1) is 17.8. The molecule has 2 bridgehead atoms. The van der Waals surface area contributed by atoms with Gasteiger partial charge in [0.1, 0.15) is 6.04 Å². The first-order valence-corrected chi connectivity index (χ1v) is 14.2. The van der Waals surface area contributed by atoms with Gasteiger partial charge in [0.15, 0.2) is 0 Å². The molecule has 2 N–H and O–H groups in total. The monoisotopic (exact) mass is 524 g/mol. The summed E-state index contributed by atoms with van der Waals surface area (Å²) in [5, 5.41) is 15.6. The Labute approximate surface area is 222 Å². The lowest BCUT2D eigenvalue weighted by Gasteiger charge is -2.41. The summed E-state index contributed by atoms with van der Waals surface area (Å²) in [6.07, 6.45) is 1.50. The number of aliphatic hydroxyl groups is 1. The lowest BCUT2D eigenvalue weighted by Crippen LogP contribution is -2.58. The van der Waals surface area contributed by atoms with Crippen LogP contribution >= 0.6 is 11.8 Å². The lowest BCUT2D eigenvalue weighted by molar-refractivity contribution is -0.154. The largest absolute Gasteiger partial charge is 0.466 e. The molecule has 1 spiro atoms. The quantitative estimate of drug-likeness (QED) is 0.505. The number of esters is 1. The van der Waals surface area contributed by atoms with Gasteiger partial charge in [-0.25, -0.2) is 0 Å². The summed E-state index contributed by atoms with van der Waals surface area (Å²) in [7, 11) is 0. The SMILES string of the molecule is CCOC(=O)[C@@H]1[C@H]2C(=O)N([C@@H](CO)[C@@H](C)CC)C(C(=O)Nc3ccc4ccccc4c3)C23S[C@@H]1CC3C. The third-order valence-electron chi connectivity index (χ3n) is 8.85. The molecule has 3 aliphatic rings. The van der Waals surface area contributed by atoms with Crippen LogP contribution in [0.25, 0.3) is 10.8 Å². The van der Waals surface area contributed by atoms with Crippen molar-refractivity contribution in [1.82, 2.24) is 4.90 Å². The van der Waals surface area contributed by atoms with Gasteiger partial charge < -0.3 is 20.1 Å².